The summed E-state index contributed by atoms with van der Waals surface area (Å²) in [6.45, 7) is 21.5. The molecule has 28 heavy (non-hydrogen) atoms. The van der Waals surface area contributed by atoms with Gasteiger partial charge in [0.2, 0.25) is 0 Å². The first-order valence-electron chi connectivity index (χ1n) is 9.77. The van der Waals surface area contributed by atoms with Gasteiger partial charge in [-0.1, -0.05) is 0 Å². The molecular weight excluding hydrogens is 459 g/mol. The molecule has 0 saturated heterocycles. The summed E-state index contributed by atoms with van der Waals surface area (Å²) in [5.74, 6) is 0. The Hall–Kier alpha value is 0.501. The smallest absolute Gasteiger partial charge is 1.00 e. The molecule has 1 unspecified atom stereocenters. The van der Waals surface area contributed by atoms with Crippen LogP contribution in [0.2, 0.25) is 12.6 Å². The quantitative estimate of drug-likeness (QED) is 0.395. The maximum atomic E-state index is 2.66. The van der Waals surface area contributed by atoms with Gasteiger partial charge in [-0.2, -0.15) is 0 Å². The second-order valence-electron chi connectivity index (χ2n) is 8.37. The first-order valence-corrected chi connectivity index (χ1v) is 13.3. The van der Waals surface area contributed by atoms with Crippen LogP contribution in [0.15, 0.2) is 20.2 Å². The van der Waals surface area contributed by atoms with E-state index in [9.17, 15) is 0 Å². The van der Waals surface area contributed by atoms with Crippen LogP contribution in [0.1, 0.15) is 67.9 Å². The van der Waals surface area contributed by atoms with Crippen molar-refractivity contribution in [2.45, 2.75) is 87.2 Å². The third kappa shape index (κ3) is 5.21. The van der Waals surface area contributed by atoms with E-state index in [1.165, 1.54) is 42.0 Å². The van der Waals surface area contributed by atoms with E-state index >= 15 is 0 Å². The van der Waals surface area contributed by atoms with Gasteiger partial charge in [0.1, 0.15) is 0 Å². The Morgan fingerprint density at radius 1 is 0.786 bits per heavy atom. The molecule has 5 heteroatoms. The molecule has 2 rings (SSSR count). The Morgan fingerprint density at radius 3 is 1.57 bits per heavy atom. The van der Waals surface area contributed by atoms with E-state index in [4.69, 9.17) is 0 Å². The zero-order valence-electron chi connectivity index (χ0n) is 19.0. The second kappa shape index (κ2) is 11.8. The molecule has 0 N–H and O–H groups in total. The molecule has 0 fully saturated rings. The Balaban J connectivity index is 0. The van der Waals surface area contributed by atoms with E-state index in [-0.39, 0.29) is 37.2 Å². The van der Waals surface area contributed by atoms with Crippen molar-refractivity contribution < 1.29 is 57.7 Å². The van der Waals surface area contributed by atoms with Gasteiger partial charge in [-0.15, -0.1) is 0 Å². The molecule has 0 aromatic heterocycles. The van der Waals surface area contributed by atoms with Gasteiger partial charge in [0.15, 0.2) is 0 Å². The predicted octanol–water partition coefficient (Wildman–Crippen LogP) is -2.59. The maximum absolute atomic E-state index is 2.66. The van der Waals surface area contributed by atoms with Gasteiger partial charge in [-0.05, 0) is 0 Å². The van der Waals surface area contributed by atoms with Crippen molar-refractivity contribution in [2.24, 2.45) is 0 Å². The standard InChI is InChI=1S/C23H35Si.3ClH.Ti/c1-10-11-14-24(9,22-15(2)12-13-16(22)3)23-20(7)18(5)17(4)19(6)21(23)8;;;;/h10-12,14H2,1-9H3;3*1H;/q;;;;+3/p-3. The second-order valence-corrected chi connectivity index (χ2v) is 13.5. The normalized spacial score (nSPS) is 15.7. The van der Waals surface area contributed by atoms with Crippen LogP contribution in [0, 0.1) is 34.6 Å². The fourth-order valence-electron chi connectivity index (χ4n) is 5.07. The van der Waals surface area contributed by atoms with E-state index < -0.39 is 8.07 Å². The molecular formula is C23H35Cl3SiTi. The van der Waals surface area contributed by atoms with Crippen molar-refractivity contribution in [3.05, 3.63) is 48.0 Å². The molecule has 1 aliphatic rings. The van der Waals surface area contributed by atoms with Gasteiger partial charge >= 0.3 is 169 Å². The summed E-state index contributed by atoms with van der Waals surface area (Å²) in [4.78, 5) is 0. The topological polar surface area (TPSA) is 0 Å². The van der Waals surface area contributed by atoms with Crippen LogP contribution in [0.4, 0.5) is 0 Å². The minimum Gasteiger partial charge on any atom is -1.00 e. The van der Waals surface area contributed by atoms with Crippen molar-refractivity contribution in [3.8, 4) is 0 Å². The van der Waals surface area contributed by atoms with E-state index in [1.54, 1.807) is 36.5 Å². The van der Waals surface area contributed by atoms with E-state index in [1.807, 2.05) is 0 Å². The zero-order chi connectivity index (χ0) is 19.1. The van der Waals surface area contributed by atoms with Crippen molar-refractivity contribution in [2.75, 3.05) is 0 Å². The van der Waals surface area contributed by atoms with Crippen molar-refractivity contribution in [1.29, 1.82) is 0 Å². The van der Waals surface area contributed by atoms with Crippen molar-refractivity contribution in [3.63, 3.8) is 0 Å². The van der Waals surface area contributed by atoms with Crippen molar-refractivity contribution >= 4 is 13.3 Å². The number of hydrogen-bond acceptors (Lipinski definition) is 0. The average molecular weight is 494 g/mol. The summed E-state index contributed by atoms with van der Waals surface area (Å²) in [6.07, 6.45) is 3.83. The summed E-state index contributed by atoms with van der Waals surface area (Å²) >= 11 is 2.34. The first kappa shape index (κ1) is 30.7. The van der Waals surface area contributed by atoms with Crippen molar-refractivity contribution in [1.82, 2.24) is 0 Å². The molecule has 0 saturated carbocycles. The van der Waals surface area contributed by atoms with Gasteiger partial charge in [0.05, 0.1) is 0 Å². The van der Waals surface area contributed by atoms with E-state index in [0.29, 0.717) is 0 Å². The average Bonchev–Trinajstić information content (AvgIpc) is 2.82. The van der Waals surface area contributed by atoms with Gasteiger partial charge in [0.25, 0.3) is 0 Å². The molecule has 0 amide bonds. The molecule has 0 heterocycles. The molecule has 0 aliphatic heterocycles. The molecule has 156 valence electrons. The molecule has 1 aromatic carbocycles. The minimum atomic E-state index is -1.73. The predicted molar refractivity (Wildman–Crippen MR) is 111 cm³/mol. The van der Waals surface area contributed by atoms with Crippen LogP contribution >= 0.6 is 0 Å². The molecule has 1 aliphatic carbocycles. The zero-order valence-corrected chi connectivity index (χ0v) is 23.8. The maximum Gasteiger partial charge on any atom is -1.00 e. The van der Waals surface area contributed by atoms with Gasteiger partial charge < -0.3 is 37.2 Å². The minimum absolute atomic E-state index is 0. The number of unbranched alkanes of at least 4 members (excludes halogenated alkanes) is 1. The molecule has 1 atom stereocenters. The van der Waals surface area contributed by atoms with Crippen LogP contribution in [0.3, 0.4) is 0 Å². The summed E-state index contributed by atoms with van der Waals surface area (Å²) < 4.78 is 1.60. The van der Waals surface area contributed by atoms with E-state index in [2.05, 4.69) is 82.4 Å². The van der Waals surface area contributed by atoms with Gasteiger partial charge in [-0.3, -0.25) is 0 Å². The van der Waals surface area contributed by atoms with E-state index in [0.717, 1.165) is 0 Å². The number of halogens is 3. The Morgan fingerprint density at radius 2 is 1.21 bits per heavy atom. The first-order chi connectivity index (χ1) is 11.6. The van der Waals surface area contributed by atoms with Crippen LogP contribution in [-0.4, -0.2) is 8.07 Å². The molecule has 0 nitrogen and oxygen atoms in total. The molecule has 0 bridgehead atoms. The van der Waals surface area contributed by atoms with Crippen LogP contribution in [0.25, 0.3) is 0 Å². The SMILES string of the molecule is CCCC[Si](C)(C1=C(C)C[C]([Ti+3])=C1C)c1c(C)c(C)c(C)c(C)c1C.[Cl-].[Cl-].[Cl-]. The molecule has 1 aromatic rings. The Bertz CT molecular complexity index is 752. The number of benzene rings is 1. The molecule has 0 spiro atoms. The van der Waals surface area contributed by atoms with Crippen LogP contribution < -0.4 is 42.4 Å². The number of allylic oxidation sites excluding steroid dienone is 4. The third-order valence-electron chi connectivity index (χ3n) is 6.83. The summed E-state index contributed by atoms with van der Waals surface area (Å²) in [6, 6.07) is 1.38. The van der Waals surface area contributed by atoms with Gasteiger partial charge in [0, 0.05) is 0 Å². The van der Waals surface area contributed by atoms with Crippen LogP contribution in [0.5, 0.6) is 0 Å². The largest absolute Gasteiger partial charge is 1.00 e. The number of rotatable bonds is 5. The summed E-state index contributed by atoms with van der Waals surface area (Å²) in [5.41, 5.74) is 10.9. The summed E-state index contributed by atoms with van der Waals surface area (Å²) in [5, 5.41) is 3.51. The molecule has 0 radical (unpaired) electrons. The Labute approximate surface area is 205 Å². The fraction of sp³-hybridized carbons (Fsp3) is 0.565. The fourth-order valence-corrected chi connectivity index (χ4v) is 11.7. The third-order valence-corrected chi connectivity index (χ3v) is 12.8. The monoisotopic (exact) mass is 492 g/mol. The van der Waals surface area contributed by atoms with Gasteiger partial charge in [-0.25, -0.2) is 0 Å². The summed E-state index contributed by atoms with van der Waals surface area (Å²) in [7, 11) is -1.73. The Kier molecular flexibility index (Phi) is 12.9. The number of hydrogen-bond donors (Lipinski definition) is 0. The van der Waals surface area contributed by atoms with Crippen LogP contribution in [-0.2, 0) is 20.4 Å².